The second-order valence-corrected chi connectivity index (χ2v) is 4.19. The first kappa shape index (κ1) is 14.5. The average molecular weight is 304 g/mol. The van der Waals surface area contributed by atoms with Crippen LogP contribution in [0.2, 0.25) is 5.02 Å². The summed E-state index contributed by atoms with van der Waals surface area (Å²) in [6.45, 7) is 0.249. The number of halogens is 4. The van der Waals surface area contributed by atoms with E-state index in [1.807, 2.05) is 0 Å². The van der Waals surface area contributed by atoms with Crippen molar-refractivity contribution < 1.29 is 17.9 Å². The summed E-state index contributed by atoms with van der Waals surface area (Å²) in [4.78, 5) is 6.90. The lowest BCUT2D eigenvalue weighted by atomic mass is 10.2. The summed E-state index contributed by atoms with van der Waals surface area (Å²) in [6.07, 6.45) is -3.58. The fourth-order valence-corrected chi connectivity index (χ4v) is 1.66. The summed E-state index contributed by atoms with van der Waals surface area (Å²) in [5.41, 5.74) is 5.07. The van der Waals surface area contributed by atoms with E-state index >= 15 is 0 Å². The van der Waals surface area contributed by atoms with Gasteiger partial charge >= 0.3 is 12.2 Å². The van der Waals surface area contributed by atoms with Gasteiger partial charge in [0.1, 0.15) is 5.75 Å². The Labute approximate surface area is 117 Å². The molecular formula is C12H9ClF3N3O. The number of benzene rings is 1. The van der Waals surface area contributed by atoms with Crippen LogP contribution in [0.25, 0.3) is 0 Å². The number of rotatable bonds is 3. The van der Waals surface area contributed by atoms with Gasteiger partial charge in [-0.05, 0) is 23.8 Å². The third-order valence-electron chi connectivity index (χ3n) is 2.38. The Morgan fingerprint density at radius 1 is 1.25 bits per heavy atom. The highest BCUT2D eigenvalue weighted by atomic mass is 35.5. The van der Waals surface area contributed by atoms with Gasteiger partial charge < -0.3 is 10.5 Å². The summed E-state index contributed by atoms with van der Waals surface area (Å²) in [7, 11) is 0. The van der Waals surface area contributed by atoms with Crippen LogP contribution in [-0.2, 0) is 12.7 Å². The molecule has 1 aromatic carbocycles. The lowest BCUT2D eigenvalue weighted by molar-refractivity contribution is -0.141. The summed E-state index contributed by atoms with van der Waals surface area (Å²) < 4.78 is 42.6. The zero-order valence-corrected chi connectivity index (χ0v) is 10.7. The van der Waals surface area contributed by atoms with E-state index < -0.39 is 17.9 Å². The van der Waals surface area contributed by atoms with Gasteiger partial charge in [0, 0.05) is 17.8 Å². The molecule has 4 nitrogen and oxygen atoms in total. The number of aromatic nitrogens is 2. The van der Waals surface area contributed by atoms with Crippen molar-refractivity contribution in [2.45, 2.75) is 12.7 Å². The van der Waals surface area contributed by atoms with Crippen molar-refractivity contribution in [1.29, 1.82) is 0 Å². The lowest BCUT2D eigenvalue weighted by Crippen LogP contribution is -2.08. The Balaban J connectivity index is 2.24. The summed E-state index contributed by atoms with van der Waals surface area (Å²) >= 11 is 5.92. The van der Waals surface area contributed by atoms with Gasteiger partial charge in [0.25, 0.3) is 0 Å². The fourth-order valence-electron chi connectivity index (χ4n) is 1.41. The minimum Gasteiger partial charge on any atom is -0.424 e. The fraction of sp³-hybridized carbons (Fsp3) is 0.167. The molecule has 0 bridgehead atoms. The maximum Gasteiger partial charge on any atom is 0.433 e. The van der Waals surface area contributed by atoms with Gasteiger partial charge in [-0.25, -0.2) is 4.98 Å². The summed E-state index contributed by atoms with van der Waals surface area (Å²) in [6, 6.07) is 4.93. The number of nitrogens with two attached hydrogens (primary N) is 1. The van der Waals surface area contributed by atoms with E-state index in [-0.39, 0.29) is 12.3 Å². The minimum atomic E-state index is -4.55. The third kappa shape index (κ3) is 3.37. The lowest BCUT2D eigenvalue weighted by Gasteiger charge is -2.09. The Hall–Kier alpha value is -1.86. The first-order valence-corrected chi connectivity index (χ1v) is 5.84. The normalized spacial score (nSPS) is 11.4. The van der Waals surface area contributed by atoms with E-state index in [1.165, 1.54) is 12.1 Å². The van der Waals surface area contributed by atoms with Crippen LogP contribution in [0.1, 0.15) is 11.3 Å². The van der Waals surface area contributed by atoms with Crippen molar-refractivity contribution >= 4 is 11.6 Å². The molecule has 20 heavy (non-hydrogen) atoms. The van der Waals surface area contributed by atoms with E-state index in [2.05, 4.69) is 9.97 Å². The van der Waals surface area contributed by atoms with Crippen LogP contribution in [0, 0.1) is 0 Å². The molecule has 0 amide bonds. The van der Waals surface area contributed by atoms with Crippen LogP contribution < -0.4 is 10.5 Å². The van der Waals surface area contributed by atoms with Gasteiger partial charge in [0.15, 0.2) is 5.69 Å². The van der Waals surface area contributed by atoms with Gasteiger partial charge in [0.2, 0.25) is 0 Å². The van der Waals surface area contributed by atoms with E-state index in [1.54, 1.807) is 6.07 Å². The van der Waals surface area contributed by atoms with Crippen LogP contribution in [0.4, 0.5) is 13.2 Å². The maximum absolute atomic E-state index is 12.5. The molecule has 2 aromatic rings. The molecule has 2 N–H and O–H groups in total. The standard InChI is InChI=1S/C12H9ClF3N3O/c13-9-5-8(2-1-7(9)6-17)20-11-18-4-3-10(19-11)12(14,15)16/h1-5H,6,17H2. The van der Waals surface area contributed by atoms with Crippen molar-refractivity contribution in [3.8, 4) is 11.8 Å². The Morgan fingerprint density at radius 3 is 2.60 bits per heavy atom. The second kappa shape index (κ2) is 5.64. The first-order valence-electron chi connectivity index (χ1n) is 5.47. The largest absolute Gasteiger partial charge is 0.433 e. The molecule has 0 atom stereocenters. The highest BCUT2D eigenvalue weighted by molar-refractivity contribution is 6.31. The molecule has 1 heterocycles. The van der Waals surface area contributed by atoms with Crippen molar-refractivity contribution in [3.63, 3.8) is 0 Å². The quantitative estimate of drug-likeness (QED) is 0.944. The van der Waals surface area contributed by atoms with E-state index in [0.29, 0.717) is 10.6 Å². The number of nitrogens with zero attached hydrogens (tertiary/aromatic N) is 2. The first-order chi connectivity index (χ1) is 9.40. The number of hydrogen-bond donors (Lipinski definition) is 1. The summed E-state index contributed by atoms with van der Waals surface area (Å²) in [5.74, 6) is 0.228. The molecule has 106 valence electrons. The Kier molecular flexibility index (Phi) is 4.10. The zero-order valence-electron chi connectivity index (χ0n) is 9.99. The average Bonchev–Trinajstić information content (AvgIpc) is 2.38. The molecule has 0 aliphatic heterocycles. The SMILES string of the molecule is NCc1ccc(Oc2nccc(C(F)(F)F)n2)cc1Cl. The van der Waals surface area contributed by atoms with Gasteiger partial charge in [-0.15, -0.1) is 0 Å². The molecule has 0 unspecified atom stereocenters. The van der Waals surface area contributed by atoms with Gasteiger partial charge in [-0.1, -0.05) is 17.7 Å². The number of ether oxygens (including phenoxy) is 1. The van der Waals surface area contributed by atoms with E-state index in [0.717, 1.165) is 12.3 Å². The molecule has 2 rings (SSSR count). The molecule has 0 spiro atoms. The second-order valence-electron chi connectivity index (χ2n) is 3.78. The van der Waals surface area contributed by atoms with Crippen molar-refractivity contribution in [2.24, 2.45) is 5.73 Å². The highest BCUT2D eigenvalue weighted by Crippen LogP contribution is 2.29. The van der Waals surface area contributed by atoms with E-state index in [9.17, 15) is 13.2 Å². The van der Waals surface area contributed by atoms with Crippen LogP contribution in [-0.4, -0.2) is 9.97 Å². The molecule has 8 heteroatoms. The van der Waals surface area contributed by atoms with Crippen molar-refractivity contribution in [1.82, 2.24) is 9.97 Å². The van der Waals surface area contributed by atoms with Crippen molar-refractivity contribution in [3.05, 3.63) is 46.7 Å². The number of hydrogen-bond acceptors (Lipinski definition) is 4. The van der Waals surface area contributed by atoms with Crippen LogP contribution in [0.15, 0.2) is 30.5 Å². The summed E-state index contributed by atoms with van der Waals surface area (Å²) in [5, 5.41) is 0.358. The van der Waals surface area contributed by atoms with Gasteiger partial charge in [-0.3, -0.25) is 0 Å². The zero-order chi connectivity index (χ0) is 14.8. The smallest absolute Gasteiger partial charge is 0.424 e. The molecule has 0 radical (unpaired) electrons. The molecule has 0 saturated carbocycles. The molecule has 0 aliphatic carbocycles. The van der Waals surface area contributed by atoms with Crippen LogP contribution in [0.5, 0.6) is 11.8 Å². The van der Waals surface area contributed by atoms with Crippen LogP contribution >= 0.6 is 11.6 Å². The molecule has 0 fully saturated rings. The number of alkyl halides is 3. The minimum absolute atomic E-state index is 0.228. The molecule has 0 saturated heterocycles. The predicted molar refractivity (Wildman–Crippen MR) is 66.5 cm³/mol. The predicted octanol–water partition coefficient (Wildman–Crippen LogP) is 3.40. The molecule has 1 aromatic heterocycles. The topological polar surface area (TPSA) is 61.0 Å². The van der Waals surface area contributed by atoms with E-state index in [4.69, 9.17) is 22.1 Å². The van der Waals surface area contributed by atoms with Gasteiger partial charge in [-0.2, -0.15) is 18.2 Å². The van der Waals surface area contributed by atoms with Gasteiger partial charge in [0.05, 0.1) is 0 Å². The Bertz CT molecular complexity index is 619. The van der Waals surface area contributed by atoms with Crippen molar-refractivity contribution in [2.75, 3.05) is 0 Å². The molecule has 0 aliphatic rings. The third-order valence-corrected chi connectivity index (χ3v) is 2.73. The highest BCUT2D eigenvalue weighted by Gasteiger charge is 2.33. The monoisotopic (exact) mass is 303 g/mol. The Morgan fingerprint density at radius 2 is 2.00 bits per heavy atom. The maximum atomic E-state index is 12.5. The van der Waals surface area contributed by atoms with Crippen LogP contribution in [0.3, 0.4) is 0 Å². The molecular weight excluding hydrogens is 295 g/mol.